The van der Waals surface area contributed by atoms with Crippen LogP contribution >= 0.6 is 11.3 Å². The van der Waals surface area contributed by atoms with Gasteiger partial charge >= 0.3 is 0 Å². The van der Waals surface area contributed by atoms with Gasteiger partial charge in [0.25, 0.3) is 0 Å². The molecular weight excluding hydrogens is 342 g/mol. The van der Waals surface area contributed by atoms with Crippen LogP contribution in [-0.4, -0.2) is 52.9 Å². The first kappa shape index (κ1) is 17.9. The number of para-hydroxylation sites is 1. The number of rotatable bonds is 3. The van der Waals surface area contributed by atoms with E-state index in [1.165, 1.54) is 22.5 Å². The van der Waals surface area contributed by atoms with Gasteiger partial charge < -0.3 is 4.90 Å². The molecule has 0 unspecified atom stereocenters. The zero-order valence-electron chi connectivity index (χ0n) is 15.7. The van der Waals surface area contributed by atoms with Crippen molar-refractivity contribution in [2.24, 2.45) is 0 Å². The number of aromatic nitrogens is 1. The molecule has 3 heterocycles. The summed E-state index contributed by atoms with van der Waals surface area (Å²) in [4.78, 5) is 22.2. The summed E-state index contributed by atoms with van der Waals surface area (Å²) >= 11 is 1.84. The lowest BCUT2D eigenvalue weighted by Crippen LogP contribution is -2.49. The number of hydrogen-bond donors (Lipinski definition) is 0. The second kappa shape index (κ2) is 8.05. The fourth-order valence-electron chi connectivity index (χ4n) is 4.31. The van der Waals surface area contributed by atoms with Crippen LogP contribution in [-0.2, 0) is 4.79 Å². The zero-order valence-corrected chi connectivity index (χ0v) is 16.5. The van der Waals surface area contributed by atoms with Crippen LogP contribution in [0, 0.1) is 0 Å². The fraction of sp³-hybridized carbons (Fsp3) is 0.619. The molecule has 0 saturated carbocycles. The molecule has 0 bridgehead atoms. The predicted molar refractivity (Wildman–Crippen MR) is 108 cm³/mol. The Labute approximate surface area is 160 Å². The van der Waals surface area contributed by atoms with E-state index in [1.807, 2.05) is 11.3 Å². The van der Waals surface area contributed by atoms with Gasteiger partial charge in [-0.05, 0) is 57.8 Å². The Hall–Kier alpha value is -1.46. The van der Waals surface area contributed by atoms with Crippen LogP contribution < -0.4 is 0 Å². The first-order chi connectivity index (χ1) is 12.7. The van der Waals surface area contributed by atoms with Gasteiger partial charge in [-0.2, -0.15) is 0 Å². The van der Waals surface area contributed by atoms with Gasteiger partial charge in [-0.3, -0.25) is 9.69 Å². The fourth-order valence-corrected chi connectivity index (χ4v) is 5.45. The lowest BCUT2D eigenvalue weighted by molar-refractivity contribution is -0.136. The summed E-state index contributed by atoms with van der Waals surface area (Å²) in [6, 6.07) is 8.43. The van der Waals surface area contributed by atoms with E-state index >= 15 is 0 Å². The van der Waals surface area contributed by atoms with Crippen molar-refractivity contribution in [2.45, 2.75) is 57.4 Å². The number of nitrogens with zero attached hydrogens (tertiary/aromatic N) is 3. The number of carbonyl (C=O) groups is 1. The molecule has 4 nitrogen and oxygen atoms in total. The first-order valence-corrected chi connectivity index (χ1v) is 10.9. The number of hydrogen-bond acceptors (Lipinski definition) is 4. The molecule has 5 heteroatoms. The van der Waals surface area contributed by atoms with Crippen LogP contribution in [0.4, 0.5) is 0 Å². The van der Waals surface area contributed by atoms with E-state index in [4.69, 9.17) is 4.98 Å². The highest BCUT2D eigenvalue weighted by molar-refractivity contribution is 7.18. The Morgan fingerprint density at radius 3 is 2.46 bits per heavy atom. The number of piperidine rings is 1. The van der Waals surface area contributed by atoms with Crippen molar-refractivity contribution in [3.05, 3.63) is 29.3 Å². The third-order valence-electron chi connectivity index (χ3n) is 6.01. The lowest BCUT2D eigenvalue weighted by Gasteiger charge is -2.36. The molecule has 4 rings (SSSR count). The van der Waals surface area contributed by atoms with E-state index in [1.54, 1.807) is 0 Å². The normalized spacial score (nSPS) is 21.7. The van der Waals surface area contributed by atoms with Crippen molar-refractivity contribution < 1.29 is 4.79 Å². The van der Waals surface area contributed by atoms with Gasteiger partial charge in [0.15, 0.2) is 0 Å². The first-order valence-electron chi connectivity index (χ1n) is 10.1. The quantitative estimate of drug-likeness (QED) is 0.808. The van der Waals surface area contributed by atoms with Crippen LogP contribution in [0.3, 0.4) is 0 Å². The Balaban J connectivity index is 1.35. The predicted octanol–water partition coefficient (Wildman–Crippen LogP) is 4.27. The van der Waals surface area contributed by atoms with Crippen LogP contribution in [0.15, 0.2) is 24.3 Å². The van der Waals surface area contributed by atoms with Gasteiger partial charge in [0.05, 0.1) is 21.3 Å². The molecule has 2 saturated heterocycles. The Morgan fingerprint density at radius 1 is 1.08 bits per heavy atom. The molecule has 1 atom stereocenters. The number of fused-ring (bicyclic) bond motifs is 1. The largest absolute Gasteiger partial charge is 0.341 e. The van der Waals surface area contributed by atoms with E-state index < -0.39 is 0 Å². The van der Waals surface area contributed by atoms with E-state index in [0.717, 1.165) is 57.4 Å². The van der Waals surface area contributed by atoms with Crippen molar-refractivity contribution in [2.75, 3.05) is 26.2 Å². The van der Waals surface area contributed by atoms with Crippen LogP contribution in [0.2, 0.25) is 0 Å². The molecule has 2 aliphatic heterocycles. The van der Waals surface area contributed by atoms with Gasteiger partial charge in [0.2, 0.25) is 5.91 Å². The van der Waals surface area contributed by atoms with Crippen LogP contribution in [0.1, 0.15) is 56.4 Å². The molecule has 140 valence electrons. The summed E-state index contributed by atoms with van der Waals surface area (Å²) in [5.74, 6) is 0.884. The number of thiazole rings is 1. The maximum Gasteiger partial charge on any atom is 0.239 e. The molecule has 26 heavy (non-hydrogen) atoms. The van der Waals surface area contributed by atoms with Crippen molar-refractivity contribution in [3.8, 4) is 0 Å². The minimum Gasteiger partial charge on any atom is -0.341 e. The minimum atomic E-state index is 0.0180. The smallest absolute Gasteiger partial charge is 0.239 e. The molecular formula is C21H29N3OS. The van der Waals surface area contributed by atoms with Crippen molar-refractivity contribution in [3.63, 3.8) is 0 Å². The maximum absolute atomic E-state index is 12.9. The Bertz CT molecular complexity index is 710. The molecule has 0 N–H and O–H groups in total. The summed E-state index contributed by atoms with van der Waals surface area (Å²) < 4.78 is 1.29. The second-order valence-electron chi connectivity index (χ2n) is 7.75. The summed E-state index contributed by atoms with van der Waals surface area (Å²) in [6.07, 6.45) is 7.09. The summed E-state index contributed by atoms with van der Waals surface area (Å²) in [6.45, 7) is 6.00. The van der Waals surface area contributed by atoms with Crippen LogP contribution in [0.25, 0.3) is 10.2 Å². The molecule has 2 fully saturated rings. The van der Waals surface area contributed by atoms with E-state index in [-0.39, 0.29) is 6.04 Å². The molecule has 2 aromatic rings. The molecule has 1 aromatic carbocycles. The van der Waals surface area contributed by atoms with Gasteiger partial charge in [0, 0.05) is 19.0 Å². The monoisotopic (exact) mass is 371 g/mol. The van der Waals surface area contributed by atoms with E-state index in [2.05, 4.69) is 41.0 Å². The lowest BCUT2D eigenvalue weighted by atomic mass is 9.96. The minimum absolute atomic E-state index is 0.0180. The molecule has 0 spiro atoms. The van der Waals surface area contributed by atoms with Crippen molar-refractivity contribution in [1.82, 2.24) is 14.8 Å². The summed E-state index contributed by atoms with van der Waals surface area (Å²) in [5, 5.41) is 1.28. The van der Waals surface area contributed by atoms with Gasteiger partial charge in [0.1, 0.15) is 0 Å². The van der Waals surface area contributed by atoms with E-state index in [9.17, 15) is 4.79 Å². The number of carbonyl (C=O) groups excluding carboxylic acids is 1. The molecule has 0 aliphatic carbocycles. The molecule has 1 aromatic heterocycles. The molecule has 2 aliphatic rings. The second-order valence-corrected chi connectivity index (χ2v) is 8.81. The average Bonchev–Trinajstić information content (AvgIpc) is 2.93. The average molecular weight is 372 g/mol. The van der Waals surface area contributed by atoms with E-state index in [0.29, 0.717) is 11.8 Å². The number of likely N-dealkylation sites (tertiary alicyclic amines) is 2. The van der Waals surface area contributed by atoms with Gasteiger partial charge in [-0.15, -0.1) is 11.3 Å². The third kappa shape index (κ3) is 3.79. The highest BCUT2D eigenvalue weighted by Crippen LogP contribution is 2.34. The Morgan fingerprint density at radius 2 is 1.77 bits per heavy atom. The maximum atomic E-state index is 12.9. The van der Waals surface area contributed by atoms with Gasteiger partial charge in [-0.25, -0.2) is 4.98 Å². The summed E-state index contributed by atoms with van der Waals surface area (Å²) in [5.41, 5.74) is 1.12. The highest BCUT2D eigenvalue weighted by Gasteiger charge is 2.31. The Kier molecular flexibility index (Phi) is 5.55. The number of amides is 1. The zero-order chi connectivity index (χ0) is 17.9. The molecule has 0 radical (unpaired) electrons. The van der Waals surface area contributed by atoms with Crippen molar-refractivity contribution in [1.29, 1.82) is 0 Å². The number of benzene rings is 1. The summed E-state index contributed by atoms with van der Waals surface area (Å²) in [7, 11) is 0. The standard InChI is InChI=1S/C21H29N3OS/c1-16(21(25)24-12-6-2-3-7-13-24)23-14-10-17(11-15-23)20-22-18-8-4-5-9-19(18)26-20/h4-5,8-9,16-17H,2-3,6-7,10-15H2,1H3/t16-/m1/s1. The topological polar surface area (TPSA) is 36.4 Å². The van der Waals surface area contributed by atoms with Crippen LogP contribution in [0.5, 0.6) is 0 Å². The highest BCUT2D eigenvalue weighted by atomic mass is 32.1. The van der Waals surface area contributed by atoms with Crippen molar-refractivity contribution >= 4 is 27.5 Å². The molecule has 1 amide bonds. The van der Waals surface area contributed by atoms with Gasteiger partial charge in [-0.1, -0.05) is 25.0 Å². The third-order valence-corrected chi connectivity index (χ3v) is 7.21. The SMILES string of the molecule is C[C@H](C(=O)N1CCCCCC1)N1CCC(c2nc3ccccc3s2)CC1.